The van der Waals surface area contributed by atoms with Gasteiger partial charge in [-0.3, -0.25) is 24.5 Å². The Bertz CT molecular complexity index is 1180. The van der Waals surface area contributed by atoms with E-state index in [1.807, 2.05) is 91.0 Å². The van der Waals surface area contributed by atoms with Gasteiger partial charge in [-0.25, -0.2) is 5.06 Å². The van der Waals surface area contributed by atoms with Gasteiger partial charge < -0.3 is 10.3 Å². The maximum absolute atomic E-state index is 13.7. The number of hydrogen-bond donors (Lipinski definition) is 1. The number of ether oxygens (including phenoxy) is 1. The van der Waals surface area contributed by atoms with Gasteiger partial charge in [-0.2, -0.15) is 4.79 Å². The number of amides is 1. The third-order valence-electron chi connectivity index (χ3n) is 6.02. The van der Waals surface area contributed by atoms with Gasteiger partial charge in [-0.15, -0.1) is 0 Å². The van der Waals surface area contributed by atoms with E-state index >= 15 is 0 Å². The van der Waals surface area contributed by atoms with Crippen LogP contribution in [0.5, 0.6) is 0 Å². The van der Waals surface area contributed by atoms with Gasteiger partial charge in [0, 0.05) is 7.05 Å². The minimum atomic E-state index is -1.33. The normalized spacial score (nSPS) is 11.6. The van der Waals surface area contributed by atoms with Crippen LogP contribution in [0.1, 0.15) is 23.1 Å². The molecule has 0 heterocycles. The summed E-state index contributed by atoms with van der Waals surface area (Å²) in [7, 11) is 3.70. The van der Waals surface area contributed by atoms with Crippen molar-refractivity contribution in [3.8, 4) is 0 Å². The van der Waals surface area contributed by atoms with Crippen molar-refractivity contribution in [2.75, 3.05) is 21.3 Å². The monoisotopic (exact) mass is 500 g/mol. The summed E-state index contributed by atoms with van der Waals surface area (Å²) in [6, 6.07) is 26.9. The zero-order valence-electron chi connectivity index (χ0n) is 20.8. The second kappa shape index (κ2) is 12.5. The zero-order valence-corrected chi connectivity index (χ0v) is 20.8. The summed E-state index contributed by atoms with van der Waals surface area (Å²) < 4.78 is 4.85. The minimum absolute atomic E-state index is 0.438. The van der Waals surface area contributed by atoms with Crippen LogP contribution in [-0.2, 0) is 29.5 Å². The van der Waals surface area contributed by atoms with Crippen LogP contribution in [0.2, 0.25) is 0 Å². The number of carbonyl (C=O) groups is 3. The first-order chi connectivity index (χ1) is 17.9. The van der Waals surface area contributed by atoms with Crippen LogP contribution < -0.4 is 5.32 Å². The highest BCUT2D eigenvalue weighted by atomic mass is 16.7. The van der Waals surface area contributed by atoms with Crippen LogP contribution in [0, 0.1) is 0 Å². The molecule has 0 aliphatic heterocycles. The van der Waals surface area contributed by atoms with Crippen LogP contribution in [0.25, 0.3) is 5.53 Å². The Morgan fingerprint density at radius 3 is 1.65 bits per heavy atom. The first-order valence-electron chi connectivity index (χ1n) is 11.5. The molecule has 0 spiro atoms. The molecule has 0 radical (unpaired) electrons. The average molecular weight is 501 g/mol. The number of methoxy groups -OCH3 is 1. The highest BCUT2D eigenvalue weighted by molar-refractivity contribution is 6.64. The molecule has 0 aromatic heterocycles. The Morgan fingerprint density at radius 1 is 0.865 bits per heavy atom. The minimum Gasteiger partial charge on any atom is -0.469 e. The van der Waals surface area contributed by atoms with Crippen molar-refractivity contribution in [1.82, 2.24) is 10.4 Å². The Balaban J connectivity index is 2.26. The molecule has 9 nitrogen and oxygen atoms in total. The number of ketones is 1. The molecular formula is C28H28N4O5. The number of rotatable bonds is 11. The van der Waals surface area contributed by atoms with Crippen molar-refractivity contribution in [3.63, 3.8) is 0 Å². The molecule has 0 aliphatic carbocycles. The smallest absolute Gasteiger partial charge is 0.425 e. The van der Waals surface area contributed by atoms with Crippen molar-refractivity contribution in [2.24, 2.45) is 0 Å². The number of nitrogens with zero attached hydrogens (tertiary/aromatic N) is 3. The standard InChI is InChI=1S/C28H28N4O5/c1-32(37-3)27(35)25(31-29)26(34)23(19-24(33)36-2)30-28(20-13-7-4-8-14-20,21-15-9-5-10-16-21)22-17-11-6-12-18-22/h4-18,23,30H,19H2,1-3H3. The molecule has 0 fully saturated rings. The van der Waals surface area contributed by atoms with Crippen molar-refractivity contribution < 1.29 is 28.7 Å². The number of nitrogens with one attached hydrogen (secondary N) is 1. The second-order valence-corrected chi connectivity index (χ2v) is 8.12. The quantitative estimate of drug-likeness (QED) is 0.0822. The van der Waals surface area contributed by atoms with Crippen LogP contribution in [0.4, 0.5) is 0 Å². The summed E-state index contributed by atoms with van der Waals surface area (Å²) in [5, 5.41) is 4.11. The topological polar surface area (TPSA) is 121 Å². The Hall–Kier alpha value is -4.43. The third kappa shape index (κ3) is 5.87. The molecule has 3 aromatic rings. The molecule has 1 amide bonds. The summed E-state index contributed by atoms with van der Waals surface area (Å²) in [6.07, 6.45) is -0.438. The Kier molecular flexibility index (Phi) is 9.18. The van der Waals surface area contributed by atoms with Gasteiger partial charge in [0.25, 0.3) is 5.78 Å². The highest BCUT2D eigenvalue weighted by Gasteiger charge is 2.45. The number of hydroxylamine groups is 2. The van der Waals surface area contributed by atoms with Crippen molar-refractivity contribution >= 4 is 23.4 Å². The number of esters is 1. The molecule has 9 heteroatoms. The van der Waals surface area contributed by atoms with Crippen molar-refractivity contribution in [1.29, 1.82) is 0 Å². The number of benzene rings is 3. The fourth-order valence-electron chi connectivity index (χ4n) is 4.13. The molecule has 1 atom stereocenters. The Labute approximate surface area is 215 Å². The molecule has 1 N–H and O–H groups in total. The molecule has 0 bridgehead atoms. The molecule has 3 rings (SSSR count). The molecule has 37 heavy (non-hydrogen) atoms. The van der Waals surface area contributed by atoms with E-state index in [4.69, 9.17) is 9.57 Å². The van der Waals surface area contributed by atoms with E-state index in [0.29, 0.717) is 0 Å². The van der Waals surface area contributed by atoms with Crippen LogP contribution >= 0.6 is 0 Å². The van der Waals surface area contributed by atoms with Gasteiger partial charge in [0.05, 0.1) is 32.2 Å². The first-order valence-corrected chi connectivity index (χ1v) is 11.5. The summed E-state index contributed by atoms with van der Waals surface area (Å²) in [5.41, 5.74) is 10.0. The number of carbonyl (C=O) groups excluding carboxylic acids is 3. The van der Waals surface area contributed by atoms with E-state index in [9.17, 15) is 19.9 Å². The van der Waals surface area contributed by atoms with E-state index in [-0.39, 0.29) is 0 Å². The van der Waals surface area contributed by atoms with E-state index in [0.717, 1.165) is 21.8 Å². The molecule has 3 aromatic carbocycles. The lowest BCUT2D eigenvalue weighted by Crippen LogP contribution is -2.56. The lowest BCUT2D eigenvalue weighted by atomic mass is 9.76. The summed E-state index contributed by atoms with van der Waals surface area (Å²) in [4.78, 5) is 46.7. The van der Waals surface area contributed by atoms with Crippen LogP contribution in [0.3, 0.4) is 0 Å². The molecule has 0 saturated carbocycles. The third-order valence-corrected chi connectivity index (χ3v) is 6.02. The van der Waals surface area contributed by atoms with Crippen molar-refractivity contribution in [2.45, 2.75) is 18.0 Å². The summed E-state index contributed by atoms with van der Waals surface area (Å²) >= 11 is 0. The molecule has 0 aliphatic rings. The van der Waals surface area contributed by atoms with Crippen molar-refractivity contribution in [3.05, 3.63) is 113 Å². The molecular weight excluding hydrogens is 472 g/mol. The Morgan fingerprint density at radius 2 is 1.30 bits per heavy atom. The zero-order chi connectivity index (χ0) is 26.8. The fourth-order valence-corrected chi connectivity index (χ4v) is 4.13. The molecule has 0 saturated heterocycles. The van der Waals surface area contributed by atoms with E-state index in [1.165, 1.54) is 21.3 Å². The van der Waals surface area contributed by atoms with E-state index in [1.54, 1.807) is 0 Å². The van der Waals surface area contributed by atoms with Gasteiger partial charge in [-0.1, -0.05) is 91.0 Å². The van der Waals surface area contributed by atoms with Crippen LogP contribution in [0.15, 0.2) is 91.0 Å². The van der Waals surface area contributed by atoms with Crippen LogP contribution in [-0.4, -0.2) is 60.5 Å². The summed E-state index contributed by atoms with van der Waals surface area (Å²) in [6.45, 7) is 0. The summed E-state index contributed by atoms with van der Waals surface area (Å²) in [5.74, 6) is -2.58. The van der Waals surface area contributed by atoms with Gasteiger partial charge in [0.2, 0.25) is 0 Å². The lowest BCUT2D eigenvalue weighted by molar-refractivity contribution is -0.165. The molecule has 1 unspecified atom stereocenters. The van der Waals surface area contributed by atoms with Gasteiger partial charge in [0.15, 0.2) is 0 Å². The average Bonchev–Trinajstić information content (AvgIpc) is 2.96. The molecule has 190 valence electrons. The van der Waals surface area contributed by atoms with Gasteiger partial charge in [-0.05, 0) is 16.7 Å². The first kappa shape index (κ1) is 27.2. The van der Waals surface area contributed by atoms with Gasteiger partial charge in [0.1, 0.15) is 0 Å². The largest absolute Gasteiger partial charge is 0.469 e. The highest BCUT2D eigenvalue weighted by Crippen LogP contribution is 2.37. The second-order valence-electron chi connectivity index (χ2n) is 8.12. The van der Waals surface area contributed by atoms with E-state index < -0.39 is 41.4 Å². The lowest BCUT2D eigenvalue weighted by Gasteiger charge is -2.39. The fraction of sp³-hybridized carbons (Fsp3) is 0.214. The number of Topliss-reactive ketones (excluding diaryl/α,β-unsaturated/α-hetero) is 1. The van der Waals surface area contributed by atoms with E-state index in [2.05, 4.69) is 10.1 Å². The SMILES string of the molecule is COC(=O)CC(NC(c1ccccc1)(c1ccccc1)c1ccccc1)C(=O)C(=[N+]=[N-])C(=O)N(C)OC. The van der Waals surface area contributed by atoms with Gasteiger partial charge >= 0.3 is 17.6 Å². The maximum atomic E-state index is 13.7. The maximum Gasteiger partial charge on any atom is 0.425 e. The predicted octanol–water partition coefficient (Wildman–Crippen LogP) is 2.76. The predicted molar refractivity (Wildman–Crippen MR) is 136 cm³/mol. The number of hydrogen-bond acceptors (Lipinski definition) is 6.